The van der Waals surface area contributed by atoms with Crippen molar-refractivity contribution in [2.75, 3.05) is 0 Å². The first-order valence-electron chi connectivity index (χ1n) is 10.1. The van der Waals surface area contributed by atoms with Gasteiger partial charge in [-0.3, -0.25) is 9.97 Å². The van der Waals surface area contributed by atoms with Crippen molar-refractivity contribution in [3.8, 4) is 5.69 Å². The molecule has 1 aliphatic heterocycles. The SMILES string of the molecule is Fc1ccc(-n2cccc2[C@H]2[C@H](c3ccccn3)NC(=S)N2Cc2ccccn2)cc1Cl. The van der Waals surface area contributed by atoms with Crippen molar-refractivity contribution in [1.82, 2.24) is 24.8 Å². The van der Waals surface area contributed by atoms with Crippen molar-refractivity contribution in [3.05, 3.63) is 113 Å². The molecule has 32 heavy (non-hydrogen) atoms. The van der Waals surface area contributed by atoms with E-state index in [4.69, 9.17) is 23.8 Å². The van der Waals surface area contributed by atoms with Crippen LogP contribution in [0.15, 0.2) is 85.3 Å². The van der Waals surface area contributed by atoms with Gasteiger partial charge < -0.3 is 14.8 Å². The van der Waals surface area contributed by atoms with Crippen LogP contribution in [0, 0.1) is 5.82 Å². The molecule has 160 valence electrons. The summed E-state index contributed by atoms with van der Waals surface area (Å²) in [5, 5.41) is 4.15. The molecule has 0 unspecified atom stereocenters. The number of halogens is 2. The zero-order valence-electron chi connectivity index (χ0n) is 16.9. The Bertz CT molecular complexity index is 1250. The molecule has 8 heteroatoms. The van der Waals surface area contributed by atoms with Crippen LogP contribution in [0.5, 0.6) is 0 Å². The second-order valence-electron chi connectivity index (χ2n) is 7.48. The Labute approximate surface area is 195 Å². The Morgan fingerprint density at radius 1 is 1.00 bits per heavy atom. The highest BCUT2D eigenvalue weighted by molar-refractivity contribution is 7.80. The van der Waals surface area contributed by atoms with Crippen molar-refractivity contribution in [1.29, 1.82) is 0 Å². The van der Waals surface area contributed by atoms with Gasteiger partial charge in [0.1, 0.15) is 5.82 Å². The molecule has 3 aromatic heterocycles. The number of hydrogen-bond donors (Lipinski definition) is 1. The van der Waals surface area contributed by atoms with Gasteiger partial charge in [-0.25, -0.2) is 4.39 Å². The largest absolute Gasteiger partial charge is 0.352 e. The van der Waals surface area contributed by atoms with Crippen LogP contribution < -0.4 is 5.32 Å². The summed E-state index contributed by atoms with van der Waals surface area (Å²) in [5.41, 5.74) is 3.54. The van der Waals surface area contributed by atoms with Gasteiger partial charge in [0.25, 0.3) is 0 Å². The van der Waals surface area contributed by atoms with Crippen LogP contribution in [0.2, 0.25) is 5.02 Å². The second-order valence-corrected chi connectivity index (χ2v) is 8.27. The summed E-state index contributed by atoms with van der Waals surface area (Å²) in [4.78, 5) is 11.2. The van der Waals surface area contributed by atoms with E-state index in [1.54, 1.807) is 24.5 Å². The van der Waals surface area contributed by atoms with Crippen LogP contribution in [0.3, 0.4) is 0 Å². The molecule has 1 fully saturated rings. The third kappa shape index (κ3) is 3.85. The van der Waals surface area contributed by atoms with Crippen molar-refractivity contribution in [2.45, 2.75) is 18.6 Å². The Morgan fingerprint density at radius 2 is 1.81 bits per heavy atom. The molecule has 1 saturated heterocycles. The summed E-state index contributed by atoms with van der Waals surface area (Å²) in [6.45, 7) is 0.538. The van der Waals surface area contributed by atoms with E-state index in [1.165, 1.54) is 6.07 Å². The first kappa shape index (κ1) is 20.6. The Kier molecular flexibility index (Phi) is 5.59. The molecular weight excluding hydrogens is 445 g/mol. The number of nitrogens with zero attached hydrogens (tertiary/aromatic N) is 4. The predicted octanol–water partition coefficient (Wildman–Crippen LogP) is 5.23. The fourth-order valence-corrected chi connectivity index (χ4v) is 4.55. The monoisotopic (exact) mass is 463 g/mol. The van der Waals surface area contributed by atoms with Crippen molar-refractivity contribution >= 4 is 28.9 Å². The van der Waals surface area contributed by atoms with Crippen molar-refractivity contribution in [3.63, 3.8) is 0 Å². The van der Waals surface area contributed by atoms with E-state index in [-0.39, 0.29) is 17.1 Å². The average molecular weight is 464 g/mol. The number of hydrogen-bond acceptors (Lipinski definition) is 3. The van der Waals surface area contributed by atoms with Crippen LogP contribution in [-0.2, 0) is 6.54 Å². The minimum atomic E-state index is -0.448. The van der Waals surface area contributed by atoms with Crippen LogP contribution >= 0.6 is 23.8 Å². The van der Waals surface area contributed by atoms with Gasteiger partial charge in [0.15, 0.2) is 5.11 Å². The normalized spacial score (nSPS) is 18.1. The molecule has 0 saturated carbocycles. The third-order valence-electron chi connectivity index (χ3n) is 5.52. The Morgan fingerprint density at radius 3 is 2.53 bits per heavy atom. The van der Waals surface area contributed by atoms with Crippen molar-refractivity contribution < 1.29 is 4.39 Å². The lowest BCUT2D eigenvalue weighted by Crippen LogP contribution is -2.30. The van der Waals surface area contributed by atoms with E-state index in [0.717, 1.165) is 22.8 Å². The smallest absolute Gasteiger partial charge is 0.170 e. The summed E-state index contributed by atoms with van der Waals surface area (Å²) in [5.74, 6) is -0.448. The molecule has 1 aromatic carbocycles. The highest BCUT2D eigenvalue weighted by Crippen LogP contribution is 2.40. The van der Waals surface area contributed by atoms with Gasteiger partial charge in [-0.15, -0.1) is 0 Å². The summed E-state index contributed by atoms with van der Waals surface area (Å²) in [7, 11) is 0. The number of nitrogens with one attached hydrogen (secondary N) is 1. The molecule has 1 N–H and O–H groups in total. The first-order chi connectivity index (χ1) is 15.6. The van der Waals surface area contributed by atoms with Gasteiger partial charge in [-0.05, 0) is 66.8 Å². The predicted molar refractivity (Wildman–Crippen MR) is 126 cm³/mol. The zero-order valence-corrected chi connectivity index (χ0v) is 18.5. The minimum Gasteiger partial charge on any atom is -0.352 e. The van der Waals surface area contributed by atoms with Crippen LogP contribution in [-0.4, -0.2) is 24.5 Å². The summed E-state index contributed by atoms with van der Waals surface area (Å²) < 4.78 is 15.8. The van der Waals surface area contributed by atoms with Crippen molar-refractivity contribution in [2.24, 2.45) is 0 Å². The molecule has 0 amide bonds. The molecule has 5 rings (SSSR count). The van der Waals surface area contributed by atoms with E-state index in [9.17, 15) is 4.39 Å². The van der Waals surface area contributed by atoms with Gasteiger partial charge >= 0.3 is 0 Å². The number of benzene rings is 1. The van der Waals surface area contributed by atoms with E-state index in [2.05, 4.69) is 20.2 Å². The summed E-state index contributed by atoms with van der Waals surface area (Å²) in [6, 6.07) is 20.0. The lowest BCUT2D eigenvalue weighted by atomic mass is 10.0. The average Bonchev–Trinajstić information content (AvgIpc) is 3.42. The van der Waals surface area contributed by atoms with E-state index < -0.39 is 5.82 Å². The number of thiocarbonyl (C=S) groups is 1. The molecule has 2 atom stereocenters. The van der Waals surface area contributed by atoms with E-state index in [0.29, 0.717) is 11.7 Å². The molecule has 0 spiro atoms. The van der Waals surface area contributed by atoms with Crippen LogP contribution in [0.25, 0.3) is 5.69 Å². The maximum absolute atomic E-state index is 13.8. The Hall–Kier alpha value is -3.29. The maximum atomic E-state index is 13.8. The molecule has 1 aliphatic rings. The number of rotatable bonds is 5. The number of pyridine rings is 2. The first-order valence-corrected chi connectivity index (χ1v) is 10.9. The number of aromatic nitrogens is 3. The highest BCUT2D eigenvalue weighted by Gasteiger charge is 2.41. The van der Waals surface area contributed by atoms with Crippen LogP contribution in [0.1, 0.15) is 29.2 Å². The Balaban J connectivity index is 1.61. The minimum absolute atomic E-state index is 0.0776. The van der Waals surface area contributed by atoms with Gasteiger partial charge in [-0.1, -0.05) is 23.7 Å². The van der Waals surface area contributed by atoms with Crippen LogP contribution in [0.4, 0.5) is 4.39 Å². The standard InChI is InChI=1S/C24H19ClFN5S/c25-18-14-17(9-10-19(18)26)30-13-5-8-21(30)23-22(20-7-2-4-12-28-20)29-24(32)31(23)15-16-6-1-3-11-27-16/h1-14,22-23H,15H2,(H,29,32)/t22-,23-/m0/s1. The fourth-order valence-electron chi connectivity index (χ4n) is 4.07. The quantitative estimate of drug-likeness (QED) is 0.410. The topological polar surface area (TPSA) is 46.0 Å². The van der Waals surface area contributed by atoms with E-state index >= 15 is 0 Å². The fraction of sp³-hybridized carbons (Fsp3) is 0.125. The van der Waals surface area contributed by atoms with Gasteiger partial charge in [0.05, 0.1) is 35.0 Å². The van der Waals surface area contributed by atoms with Gasteiger partial charge in [-0.2, -0.15) is 0 Å². The lowest BCUT2D eigenvalue weighted by molar-refractivity contribution is 0.299. The third-order valence-corrected chi connectivity index (χ3v) is 6.16. The van der Waals surface area contributed by atoms with E-state index in [1.807, 2.05) is 59.3 Å². The molecule has 0 bridgehead atoms. The summed E-state index contributed by atoms with van der Waals surface area (Å²) in [6.07, 6.45) is 5.49. The maximum Gasteiger partial charge on any atom is 0.170 e. The molecule has 0 aliphatic carbocycles. The van der Waals surface area contributed by atoms with Gasteiger partial charge in [0, 0.05) is 30.0 Å². The molecular formula is C24H19ClFN5S. The second kappa shape index (κ2) is 8.68. The lowest BCUT2D eigenvalue weighted by Gasteiger charge is -2.28. The highest BCUT2D eigenvalue weighted by atomic mass is 35.5. The van der Waals surface area contributed by atoms with Gasteiger partial charge in [0.2, 0.25) is 0 Å². The molecule has 0 radical (unpaired) electrons. The molecule has 4 heterocycles. The zero-order chi connectivity index (χ0) is 22.1. The molecule has 5 nitrogen and oxygen atoms in total. The summed E-state index contributed by atoms with van der Waals surface area (Å²) >= 11 is 11.8. The molecule has 4 aromatic rings.